The number of aromatic amines is 1. The molecule has 128 valence electrons. The molecule has 2 heterocycles. The monoisotopic (exact) mass is 428 g/mol. The maximum Gasteiger partial charge on any atom is 0.159 e. The van der Waals surface area contributed by atoms with Gasteiger partial charge in [-0.1, -0.05) is 48.0 Å². The first-order valence-electron chi connectivity index (χ1n) is 7.71. The van der Waals surface area contributed by atoms with Gasteiger partial charge in [-0.2, -0.15) is 0 Å². The first kappa shape index (κ1) is 16.9. The molecule has 0 fully saturated rings. The Labute approximate surface area is 162 Å². The molecule has 2 aromatic carbocycles. The first-order chi connectivity index (χ1) is 12.6. The summed E-state index contributed by atoms with van der Waals surface area (Å²) in [7, 11) is 0. The third-order valence-corrected chi connectivity index (χ3v) is 4.71. The molecule has 0 aliphatic heterocycles. The molecular weight excluding hydrogens is 419 g/mol. The second kappa shape index (κ2) is 6.97. The average Bonchev–Trinajstić information content (AvgIpc) is 3.04. The topological polar surface area (TPSA) is 54.5 Å². The van der Waals surface area contributed by atoms with Crippen molar-refractivity contribution in [2.45, 2.75) is 0 Å². The third-order valence-electron chi connectivity index (χ3n) is 3.82. The lowest BCUT2D eigenvalue weighted by atomic mass is 10.2. The van der Waals surface area contributed by atoms with Gasteiger partial charge in [-0.3, -0.25) is 0 Å². The van der Waals surface area contributed by atoms with Crippen LogP contribution in [0.2, 0.25) is 5.02 Å². The van der Waals surface area contributed by atoms with Crippen LogP contribution in [0, 0.1) is 5.82 Å². The van der Waals surface area contributed by atoms with Crippen LogP contribution in [0.4, 0.5) is 4.39 Å². The van der Waals surface area contributed by atoms with Gasteiger partial charge in [0, 0.05) is 23.5 Å². The SMILES string of the molecule is Fc1cccc(Cl)c1-c1nc(-c2cnc(-c3ccccc3)nc2)c(Br)[nH]1. The molecule has 0 aliphatic carbocycles. The predicted molar refractivity (Wildman–Crippen MR) is 103 cm³/mol. The Hall–Kier alpha value is -2.57. The number of halogens is 3. The number of rotatable bonds is 3. The van der Waals surface area contributed by atoms with Gasteiger partial charge in [0.15, 0.2) is 5.82 Å². The minimum absolute atomic E-state index is 0.225. The van der Waals surface area contributed by atoms with Gasteiger partial charge in [0.05, 0.1) is 10.6 Å². The highest BCUT2D eigenvalue weighted by Crippen LogP contribution is 2.33. The fraction of sp³-hybridized carbons (Fsp3) is 0. The molecule has 0 saturated heterocycles. The Morgan fingerprint density at radius 2 is 1.65 bits per heavy atom. The Morgan fingerprint density at radius 1 is 0.923 bits per heavy atom. The summed E-state index contributed by atoms with van der Waals surface area (Å²) in [6.45, 7) is 0. The lowest BCUT2D eigenvalue weighted by molar-refractivity contribution is 0.630. The highest BCUT2D eigenvalue weighted by molar-refractivity contribution is 9.10. The van der Waals surface area contributed by atoms with Gasteiger partial charge in [-0.25, -0.2) is 19.3 Å². The van der Waals surface area contributed by atoms with E-state index < -0.39 is 5.82 Å². The van der Waals surface area contributed by atoms with E-state index in [0.717, 1.165) is 5.56 Å². The standard InChI is InChI=1S/C19H11BrClFN4/c20-17-16(25-19(26-17)15-13(21)7-4-8-14(15)22)12-9-23-18(24-10-12)11-5-2-1-3-6-11/h1-10H,(H,25,26). The van der Waals surface area contributed by atoms with Crippen LogP contribution in [-0.4, -0.2) is 19.9 Å². The van der Waals surface area contributed by atoms with Gasteiger partial charge in [-0.15, -0.1) is 0 Å². The van der Waals surface area contributed by atoms with E-state index in [9.17, 15) is 4.39 Å². The molecular formula is C19H11BrClFN4. The van der Waals surface area contributed by atoms with Crippen molar-refractivity contribution in [1.29, 1.82) is 0 Å². The number of benzene rings is 2. The number of hydrogen-bond donors (Lipinski definition) is 1. The van der Waals surface area contributed by atoms with E-state index in [1.165, 1.54) is 6.07 Å². The van der Waals surface area contributed by atoms with Gasteiger partial charge in [0.2, 0.25) is 0 Å². The van der Waals surface area contributed by atoms with Crippen molar-refractivity contribution in [2.75, 3.05) is 0 Å². The highest BCUT2D eigenvalue weighted by Gasteiger charge is 2.17. The number of nitrogens with one attached hydrogen (secondary N) is 1. The Morgan fingerprint density at radius 3 is 2.35 bits per heavy atom. The van der Waals surface area contributed by atoms with Crippen molar-refractivity contribution in [1.82, 2.24) is 19.9 Å². The van der Waals surface area contributed by atoms with E-state index in [1.54, 1.807) is 24.5 Å². The molecule has 0 atom stereocenters. The minimum atomic E-state index is -0.444. The van der Waals surface area contributed by atoms with Crippen LogP contribution in [0.25, 0.3) is 34.0 Å². The number of imidazole rings is 1. The normalized spacial score (nSPS) is 10.9. The van der Waals surface area contributed by atoms with E-state index in [1.807, 2.05) is 30.3 Å². The zero-order valence-electron chi connectivity index (χ0n) is 13.2. The summed E-state index contributed by atoms with van der Waals surface area (Å²) in [5.74, 6) is 0.515. The van der Waals surface area contributed by atoms with Gasteiger partial charge in [0.1, 0.15) is 21.9 Å². The lowest BCUT2D eigenvalue weighted by Gasteiger charge is -2.02. The molecule has 0 radical (unpaired) electrons. The summed E-state index contributed by atoms with van der Waals surface area (Å²) in [5, 5.41) is 0.286. The number of H-pyrrole nitrogens is 1. The van der Waals surface area contributed by atoms with E-state index >= 15 is 0 Å². The fourth-order valence-corrected chi connectivity index (χ4v) is 3.33. The van der Waals surface area contributed by atoms with E-state index in [4.69, 9.17) is 11.6 Å². The smallest absolute Gasteiger partial charge is 0.159 e. The summed E-state index contributed by atoms with van der Waals surface area (Å²) in [6.07, 6.45) is 3.37. The zero-order chi connectivity index (χ0) is 18.1. The van der Waals surface area contributed by atoms with Crippen LogP contribution in [0.15, 0.2) is 65.5 Å². The highest BCUT2D eigenvalue weighted by atomic mass is 79.9. The van der Waals surface area contributed by atoms with E-state index in [0.29, 0.717) is 27.5 Å². The second-order valence-electron chi connectivity index (χ2n) is 5.51. The van der Waals surface area contributed by atoms with E-state index in [2.05, 4.69) is 35.9 Å². The van der Waals surface area contributed by atoms with Crippen molar-refractivity contribution >= 4 is 27.5 Å². The molecule has 0 aliphatic rings. The molecule has 0 spiro atoms. The molecule has 7 heteroatoms. The van der Waals surface area contributed by atoms with Gasteiger partial charge in [0.25, 0.3) is 0 Å². The van der Waals surface area contributed by atoms with Crippen molar-refractivity contribution < 1.29 is 4.39 Å². The molecule has 0 saturated carbocycles. The molecule has 1 N–H and O–H groups in total. The largest absolute Gasteiger partial charge is 0.332 e. The summed E-state index contributed by atoms with van der Waals surface area (Å²) >= 11 is 9.54. The fourth-order valence-electron chi connectivity index (χ4n) is 2.57. The number of nitrogens with zero attached hydrogens (tertiary/aromatic N) is 3. The van der Waals surface area contributed by atoms with Crippen LogP contribution >= 0.6 is 27.5 Å². The molecule has 26 heavy (non-hydrogen) atoms. The number of hydrogen-bond acceptors (Lipinski definition) is 3. The Kier molecular flexibility index (Phi) is 4.53. The molecule has 4 nitrogen and oxygen atoms in total. The molecule has 2 aromatic heterocycles. The van der Waals surface area contributed by atoms with E-state index in [-0.39, 0.29) is 10.6 Å². The molecule has 4 aromatic rings. The van der Waals surface area contributed by atoms with Crippen molar-refractivity contribution in [3.05, 3.63) is 76.4 Å². The average molecular weight is 430 g/mol. The summed E-state index contributed by atoms with van der Waals surface area (Å²) < 4.78 is 14.7. The van der Waals surface area contributed by atoms with Gasteiger partial charge < -0.3 is 4.98 Å². The zero-order valence-corrected chi connectivity index (χ0v) is 15.6. The lowest BCUT2D eigenvalue weighted by Crippen LogP contribution is -1.90. The van der Waals surface area contributed by atoms with Crippen LogP contribution < -0.4 is 0 Å². The molecule has 4 rings (SSSR count). The summed E-state index contributed by atoms with van der Waals surface area (Å²) in [4.78, 5) is 16.3. The summed E-state index contributed by atoms with van der Waals surface area (Å²) in [5.41, 5.74) is 2.44. The van der Waals surface area contributed by atoms with Crippen LogP contribution in [0.3, 0.4) is 0 Å². The van der Waals surface area contributed by atoms with Crippen molar-refractivity contribution in [2.24, 2.45) is 0 Å². The van der Waals surface area contributed by atoms with Gasteiger partial charge in [-0.05, 0) is 28.1 Å². The third kappa shape index (κ3) is 3.13. The van der Waals surface area contributed by atoms with Crippen molar-refractivity contribution in [3.8, 4) is 34.0 Å². The Bertz CT molecular complexity index is 1040. The van der Waals surface area contributed by atoms with Crippen LogP contribution in [0.5, 0.6) is 0 Å². The minimum Gasteiger partial charge on any atom is -0.332 e. The molecule has 0 unspecified atom stereocenters. The maximum atomic E-state index is 14.1. The summed E-state index contributed by atoms with van der Waals surface area (Å²) in [6, 6.07) is 14.2. The molecule has 0 bridgehead atoms. The predicted octanol–water partition coefficient (Wildman–Crippen LogP) is 5.76. The second-order valence-corrected chi connectivity index (χ2v) is 6.71. The van der Waals surface area contributed by atoms with Crippen LogP contribution in [0.1, 0.15) is 0 Å². The molecule has 0 amide bonds. The Balaban J connectivity index is 1.72. The van der Waals surface area contributed by atoms with Crippen LogP contribution in [-0.2, 0) is 0 Å². The van der Waals surface area contributed by atoms with Gasteiger partial charge >= 0.3 is 0 Å². The first-order valence-corrected chi connectivity index (χ1v) is 8.88. The van der Waals surface area contributed by atoms with Crippen molar-refractivity contribution in [3.63, 3.8) is 0 Å². The quantitative estimate of drug-likeness (QED) is 0.451. The number of aromatic nitrogens is 4. The maximum absolute atomic E-state index is 14.1.